The molecular formula is C26H37N3O. The lowest BCUT2D eigenvalue weighted by molar-refractivity contribution is -0.116. The third kappa shape index (κ3) is 5.23. The van der Waals surface area contributed by atoms with Gasteiger partial charge < -0.3 is 15.5 Å². The van der Waals surface area contributed by atoms with Crippen LogP contribution in [0.5, 0.6) is 0 Å². The van der Waals surface area contributed by atoms with Crippen LogP contribution < -0.4 is 10.6 Å². The van der Waals surface area contributed by atoms with Crippen LogP contribution in [0.3, 0.4) is 0 Å². The second kappa shape index (κ2) is 10.6. The second-order valence-electron chi connectivity index (χ2n) is 8.45. The molecule has 2 fully saturated rings. The predicted octanol–water partition coefficient (Wildman–Crippen LogP) is 4.71. The molecule has 0 radical (unpaired) electrons. The number of hydrogen-bond acceptors (Lipinski definition) is 3. The Labute approximate surface area is 182 Å². The quantitative estimate of drug-likeness (QED) is 0.614. The van der Waals surface area contributed by atoms with Crippen LogP contribution in [0.25, 0.3) is 0 Å². The van der Waals surface area contributed by atoms with E-state index < -0.39 is 0 Å². The highest BCUT2D eigenvalue weighted by atomic mass is 16.2. The molecule has 2 heterocycles. The SMILES string of the molecule is CC/C=C(/C=C1/C(=O)NC/C1=C(/C)C(CC)NCc1ccccc1)N1CCCC1C. The topological polar surface area (TPSA) is 44.4 Å². The van der Waals surface area contributed by atoms with Gasteiger partial charge in [-0.05, 0) is 56.7 Å². The molecule has 2 N–H and O–H groups in total. The summed E-state index contributed by atoms with van der Waals surface area (Å²) < 4.78 is 0. The Kier molecular flexibility index (Phi) is 7.92. The average molecular weight is 408 g/mol. The minimum absolute atomic E-state index is 0.0520. The van der Waals surface area contributed by atoms with Crippen molar-refractivity contribution in [3.63, 3.8) is 0 Å². The third-order valence-electron chi connectivity index (χ3n) is 6.39. The van der Waals surface area contributed by atoms with E-state index in [4.69, 9.17) is 0 Å². The fourth-order valence-corrected chi connectivity index (χ4v) is 4.58. The number of rotatable bonds is 8. The van der Waals surface area contributed by atoms with Gasteiger partial charge in [0.2, 0.25) is 0 Å². The largest absolute Gasteiger partial charge is 0.369 e. The van der Waals surface area contributed by atoms with Crippen LogP contribution >= 0.6 is 0 Å². The number of nitrogens with zero attached hydrogens (tertiary/aromatic N) is 1. The number of amides is 1. The molecule has 30 heavy (non-hydrogen) atoms. The Bertz CT molecular complexity index is 822. The number of hydrogen-bond donors (Lipinski definition) is 2. The molecule has 2 aliphatic rings. The first-order chi connectivity index (χ1) is 14.5. The highest BCUT2D eigenvalue weighted by Crippen LogP contribution is 2.28. The lowest BCUT2D eigenvalue weighted by atomic mass is 9.95. The summed E-state index contributed by atoms with van der Waals surface area (Å²) in [5.41, 5.74) is 5.74. The summed E-state index contributed by atoms with van der Waals surface area (Å²) in [5, 5.41) is 6.75. The number of carbonyl (C=O) groups excluding carboxylic acids is 1. The number of allylic oxidation sites excluding steroid dienone is 2. The molecule has 2 unspecified atom stereocenters. The highest BCUT2D eigenvalue weighted by molar-refractivity contribution is 6.02. The molecule has 0 aromatic heterocycles. The Balaban J connectivity index is 1.85. The van der Waals surface area contributed by atoms with Gasteiger partial charge in [0.25, 0.3) is 5.91 Å². The fraction of sp³-hybridized carbons (Fsp3) is 0.500. The van der Waals surface area contributed by atoms with E-state index in [-0.39, 0.29) is 11.9 Å². The smallest absolute Gasteiger partial charge is 0.251 e. The zero-order valence-electron chi connectivity index (χ0n) is 19.0. The standard InChI is InChI=1S/C26H37N3O/c1-5-11-22(29-15-10-12-19(29)3)16-23-24(18-28-26(23)30)20(4)25(6-2)27-17-21-13-8-7-9-14-21/h7-9,11,13-14,16,19,25,27H,5-6,10,12,15,17-18H2,1-4H3,(H,28,30)/b22-11-,23-16+,24-20+. The Morgan fingerprint density at radius 1 is 1.30 bits per heavy atom. The van der Waals surface area contributed by atoms with E-state index in [1.807, 2.05) is 6.07 Å². The molecule has 1 aromatic rings. The van der Waals surface area contributed by atoms with Crippen LogP contribution in [0.2, 0.25) is 0 Å². The van der Waals surface area contributed by atoms with Crippen LogP contribution in [0.4, 0.5) is 0 Å². The van der Waals surface area contributed by atoms with Crippen molar-refractivity contribution in [2.45, 2.75) is 72.0 Å². The summed E-state index contributed by atoms with van der Waals surface area (Å²) in [6.45, 7) is 11.4. The first-order valence-electron chi connectivity index (χ1n) is 11.5. The minimum atomic E-state index is 0.0520. The van der Waals surface area contributed by atoms with Gasteiger partial charge in [-0.1, -0.05) is 55.8 Å². The summed E-state index contributed by atoms with van der Waals surface area (Å²) in [5.74, 6) is 0.0520. The van der Waals surface area contributed by atoms with E-state index in [1.54, 1.807) is 0 Å². The van der Waals surface area contributed by atoms with Crippen LogP contribution in [0.15, 0.2) is 64.9 Å². The van der Waals surface area contributed by atoms with Crippen molar-refractivity contribution < 1.29 is 4.79 Å². The zero-order chi connectivity index (χ0) is 21.5. The van der Waals surface area contributed by atoms with Gasteiger partial charge in [-0.3, -0.25) is 4.79 Å². The van der Waals surface area contributed by atoms with Crippen molar-refractivity contribution in [1.82, 2.24) is 15.5 Å². The summed E-state index contributed by atoms with van der Waals surface area (Å²) in [6.07, 6.45) is 8.80. The maximum atomic E-state index is 12.7. The summed E-state index contributed by atoms with van der Waals surface area (Å²) >= 11 is 0. The van der Waals surface area contributed by atoms with E-state index >= 15 is 0 Å². The molecule has 2 atom stereocenters. The average Bonchev–Trinajstić information content (AvgIpc) is 3.34. The van der Waals surface area contributed by atoms with Gasteiger partial charge in [0.1, 0.15) is 0 Å². The van der Waals surface area contributed by atoms with Gasteiger partial charge in [-0.2, -0.15) is 0 Å². The molecule has 162 valence electrons. The summed E-state index contributed by atoms with van der Waals surface area (Å²) in [4.78, 5) is 15.2. The van der Waals surface area contributed by atoms with Crippen LogP contribution in [0, 0.1) is 0 Å². The maximum Gasteiger partial charge on any atom is 0.251 e. The van der Waals surface area contributed by atoms with E-state index in [0.29, 0.717) is 12.6 Å². The molecule has 0 saturated carbocycles. The molecule has 4 nitrogen and oxygen atoms in total. The van der Waals surface area contributed by atoms with E-state index in [2.05, 4.69) is 79.6 Å². The van der Waals surface area contributed by atoms with Gasteiger partial charge >= 0.3 is 0 Å². The van der Waals surface area contributed by atoms with E-state index in [0.717, 1.165) is 37.1 Å². The van der Waals surface area contributed by atoms with Gasteiger partial charge in [0.05, 0.1) is 0 Å². The molecule has 2 aliphatic heterocycles. The van der Waals surface area contributed by atoms with E-state index in [9.17, 15) is 4.79 Å². The Hall–Kier alpha value is -2.33. The van der Waals surface area contributed by atoms with Gasteiger partial charge in [-0.15, -0.1) is 0 Å². The van der Waals surface area contributed by atoms with Crippen molar-refractivity contribution in [3.05, 3.63) is 70.5 Å². The van der Waals surface area contributed by atoms with Crippen molar-refractivity contribution >= 4 is 5.91 Å². The van der Waals surface area contributed by atoms with E-state index in [1.165, 1.54) is 29.7 Å². The molecule has 1 aromatic carbocycles. The molecule has 1 amide bonds. The minimum Gasteiger partial charge on any atom is -0.369 e. The second-order valence-corrected chi connectivity index (χ2v) is 8.45. The molecule has 0 bridgehead atoms. The maximum absolute atomic E-state index is 12.7. The number of likely N-dealkylation sites (tertiary alicyclic amines) is 1. The van der Waals surface area contributed by atoms with Crippen LogP contribution in [-0.4, -0.2) is 36.0 Å². The molecular weight excluding hydrogens is 370 g/mol. The lowest BCUT2D eigenvalue weighted by Gasteiger charge is -2.26. The number of carbonyl (C=O) groups is 1. The Morgan fingerprint density at radius 3 is 2.70 bits per heavy atom. The van der Waals surface area contributed by atoms with Crippen molar-refractivity contribution in [1.29, 1.82) is 0 Å². The molecule has 0 aliphatic carbocycles. The zero-order valence-corrected chi connectivity index (χ0v) is 19.0. The van der Waals surface area contributed by atoms with Gasteiger partial charge in [0, 0.05) is 43.0 Å². The van der Waals surface area contributed by atoms with Crippen LogP contribution in [-0.2, 0) is 11.3 Å². The van der Waals surface area contributed by atoms with Gasteiger partial charge in [-0.25, -0.2) is 0 Å². The van der Waals surface area contributed by atoms with Crippen molar-refractivity contribution in [3.8, 4) is 0 Å². The normalized spacial score (nSPS) is 23.8. The Morgan fingerprint density at radius 2 is 2.07 bits per heavy atom. The first kappa shape index (κ1) is 22.4. The molecule has 3 rings (SSSR count). The summed E-state index contributed by atoms with van der Waals surface area (Å²) in [6, 6.07) is 11.3. The predicted molar refractivity (Wildman–Crippen MR) is 125 cm³/mol. The summed E-state index contributed by atoms with van der Waals surface area (Å²) in [7, 11) is 0. The fourth-order valence-electron chi connectivity index (χ4n) is 4.58. The molecule has 2 saturated heterocycles. The highest BCUT2D eigenvalue weighted by Gasteiger charge is 2.28. The first-order valence-corrected chi connectivity index (χ1v) is 11.5. The lowest BCUT2D eigenvalue weighted by Crippen LogP contribution is -2.30. The van der Waals surface area contributed by atoms with Crippen molar-refractivity contribution in [2.24, 2.45) is 0 Å². The van der Waals surface area contributed by atoms with Crippen LogP contribution in [0.1, 0.15) is 58.9 Å². The monoisotopic (exact) mass is 407 g/mol. The molecule has 0 spiro atoms. The number of nitrogens with one attached hydrogen (secondary N) is 2. The number of benzene rings is 1. The van der Waals surface area contributed by atoms with Gasteiger partial charge in [0.15, 0.2) is 0 Å². The molecule has 4 heteroatoms. The van der Waals surface area contributed by atoms with Crippen molar-refractivity contribution in [2.75, 3.05) is 13.1 Å². The third-order valence-corrected chi connectivity index (χ3v) is 6.39.